The van der Waals surface area contributed by atoms with Crippen LogP contribution >= 0.6 is 0 Å². The van der Waals surface area contributed by atoms with Crippen LogP contribution in [0.25, 0.3) is 0 Å². The molecule has 0 aromatic rings. The molecule has 0 aromatic carbocycles. The average molecular weight is 156 g/mol. The second kappa shape index (κ2) is 3.11. The number of amides is 2. The van der Waals surface area contributed by atoms with Crippen LogP contribution in [-0.4, -0.2) is 19.1 Å². The van der Waals surface area contributed by atoms with Gasteiger partial charge in [-0.1, -0.05) is 13.8 Å². The maximum Gasteiger partial charge on any atom is 0.314 e. The highest BCUT2D eigenvalue weighted by Crippen LogP contribution is 2.24. The second-order valence-electron chi connectivity index (χ2n) is 3.52. The molecule has 1 fully saturated rings. The number of nitrogens with one attached hydrogen (secondary N) is 2. The number of urea groups is 1. The summed E-state index contributed by atoms with van der Waals surface area (Å²) < 4.78 is 0. The molecule has 1 aliphatic rings. The van der Waals surface area contributed by atoms with E-state index in [4.69, 9.17) is 0 Å². The molecule has 0 bridgehead atoms. The summed E-state index contributed by atoms with van der Waals surface area (Å²) >= 11 is 0. The first-order chi connectivity index (χ1) is 5.16. The number of rotatable bonds is 1. The third-order valence-electron chi connectivity index (χ3n) is 2.54. The lowest BCUT2D eigenvalue weighted by Crippen LogP contribution is -2.35. The molecule has 64 valence electrons. The van der Waals surface area contributed by atoms with Crippen LogP contribution in [0.1, 0.15) is 26.7 Å². The third-order valence-corrected chi connectivity index (χ3v) is 2.54. The predicted octanol–water partition coefficient (Wildman–Crippen LogP) is 1.11. The van der Waals surface area contributed by atoms with Crippen LogP contribution in [0, 0.1) is 5.41 Å². The minimum atomic E-state index is -0.0258. The first-order valence-corrected chi connectivity index (χ1v) is 4.18. The Morgan fingerprint density at radius 3 is 2.91 bits per heavy atom. The van der Waals surface area contributed by atoms with Crippen molar-refractivity contribution >= 4 is 6.03 Å². The van der Waals surface area contributed by atoms with Gasteiger partial charge in [-0.3, -0.25) is 0 Å². The molecule has 11 heavy (non-hydrogen) atoms. The Kier molecular flexibility index (Phi) is 2.37. The third kappa shape index (κ3) is 2.10. The van der Waals surface area contributed by atoms with Gasteiger partial charge in [-0.25, -0.2) is 4.79 Å². The van der Waals surface area contributed by atoms with Crippen LogP contribution in [-0.2, 0) is 0 Å². The van der Waals surface area contributed by atoms with Crippen molar-refractivity contribution in [3.8, 4) is 0 Å². The zero-order valence-corrected chi connectivity index (χ0v) is 7.24. The second-order valence-corrected chi connectivity index (χ2v) is 3.52. The Hall–Kier alpha value is -0.730. The van der Waals surface area contributed by atoms with Gasteiger partial charge >= 0.3 is 6.03 Å². The molecule has 2 amide bonds. The van der Waals surface area contributed by atoms with E-state index < -0.39 is 0 Å². The van der Waals surface area contributed by atoms with Gasteiger partial charge in [-0.2, -0.15) is 0 Å². The first-order valence-electron chi connectivity index (χ1n) is 4.18. The zero-order chi connectivity index (χ0) is 8.32. The van der Waals surface area contributed by atoms with Gasteiger partial charge in [0.25, 0.3) is 0 Å². The van der Waals surface area contributed by atoms with Crippen LogP contribution in [0.4, 0.5) is 4.79 Å². The fraction of sp³-hybridized carbons (Fsp3) is 0.875. The molecule has 1 aliphatic heterocycles. The van der Waals surface area contributed by atoms with E-state index in [-0.39, 0.29) is 6.03 Å². The van der Waals surface area contributed by atoms with Crippen molar-refractivity contribution in [2.45, 2.75) is 26.7 Å². The fourth-order valence-electron chi connectivity index (χ4n) is 1.22. The van der Waals surface area contributed by atoms with E-state index in [1.165, 1.54) is 0 Å². The SMILES string of the molecule is CCC1(C)CCNC(=O)NC1. The molecule has 3 nitrogen and oxygen atoms in total. The van der Waals surface area contributed by atoms with Crippen molar-refractivity contribution in [2.24, 2.45) is 5.41 Å². The normalized spacial score (nSPS) is 32.0. The van der Waals surface area contributed by atoms with Crippen LogP contribution < -0.4 is 10.6 Å². The molecular weight excluding hydrogens is 140 g/mol. The molecule has 0 spiro atoms. The molecule has 3 heteroatoms. The van der Waals surface area contributed by atoms with Gasteiger partial charge in [0.05, 0.1) is 0 Å². The van der Waals surface area contributed by atoms with E-state index in [1.54, 1.807) is 0 Å². The summed E-state index contributed by atoms with van der Waals surface area (Å²) in [4.78, 5) is 10.9. The molecule has 1 unspecified atom stereocenters. The summed E-state index contributed by atoms with van der Waals surface area (Å²) in [5.41, 5.74) is 0.291. The van der Waals surface area contributed by atoms with E-state index in [0.717, 1.165) is 25.9 Å². The summed E-state index contributed by atoms with van der Waals surface area (Å²) in [7, 11) is 0. The first kappa shape index (κ1) is 8.37. The van der Waals surface area contributed by atoms with E-state index in [9.17, 15) is 4.79 Å². The van der Waals surface area contributed by atoms with Gasteiger partial charge in [-0.15, -0.1) is 0 Å². The molecule has 0 aromatic heterocycles. The highest BCUT2D eigenvalue weighted by molar-refractivity contribution is 5.74. The largest absolute Gasteiger partial charge is 0.338 e. The molecule has 0 saturated carbocycles. The Morgan fingerprint density at radius 1 is 1.55 bits per heavy atom. The zero-order valence-electron chi connectivity index (χ0n) is 7.24. The minimum absolute atomic E-state index is 0.0258. The maximum atomic E-state index is 10.9. The lowest BCUT2D eigenvalue weighted by Gasteiger charge is -2.24. The van der Waals surface area contributed by atoms with Gasteiger partial charge in [0.2, 0.25) is 0 Å². The van der Waals surface area contributed by atoms with Crippen molar-refractivity contribution in [2.75, 3.05) is 13.1 Å². The lowest BCUT2D eigenvalue weighted by molar-refractivity contribution is 0.239. The highest BCUT2D eigenvalue weighted by Gasteiger charge is 2.24. The summed E-state index contributed by atoms with van der Waals surface area (Å²) in [6, 6.07) is -0.0258. The van der Waals surface area contributed by atoms with Crippen LogP contribution in [0.15, 0.2) is 0 Å². The molecule has 1 rings (SSSR count). The monoisotopic (exact) mass is 156 g/mol. The van der Waals surface area contributed by atoms with Gasteiger partial charge in [0.1, 0.15) is 0 Å². The van der Waals surface area contributed by atoms with Gasteiger partial charge in [-0.05, 0) is 18.3 Å². The van der Waals surface area contributed by atoms with E-state index in [1.807, 2.05) is 0 Å². The Bertz CT molecular complexity index is 158. The Labute approximate surface area is 67.5 Å². The van der Waals surface area contributed by atoms with E-state index in [2.05, 4.69) is 24.5 Å². The maximum absolute atomic E-state index is 10.9. The molecule has 1 saturated heterocycles. The molecule has 1 heterocycles. The van der Waals surface area contributed by atoms with Gasteiger partial charge in [0, 0.05) is 13.1 Å². The predicted molar refractivity (Wildman–Crippen MR) is 44.4 cm³/mol. The Balaban J connectivity index is 2.52. The van der Waals surface area contributed by atoms with E-state index in [0.29, 0.717) is 5.41 Å². The van der Waals surface area contributed by atoms with Crippen LogP contribution in [0.2, 0.25) is 0 Å². The number of hydrogen-bond donors (Lipinski definition) is 2. The Morgan fingerprint density at radius 2 is 2.27 bits per heavy atom. The number of hydrogen-bond acceptors (Lipinski definition) is 1. The van der Waals surface area contributed by atoms with Crippen LogP contribution in [0.3, 0.4) is 0 Å². The van der Waals surface area contributed by atoms with Crippen LogP contribution in [0.5, 0.6) is 0 Å². The topological polar surface area (TPSA) is 41.1 Å². The number of carbonyl (C=O) groups is 1. The number of carbonyl (C=O) groups excluding carboxylic acids is 1. The molecule has 2 N–H and O–H groups in total. The van der Waals surface area contributed by atoms with Crippen molar-refractivity contribution in [1.29, 1.82) is 0 Å². The quantitative estimate of drug-likeness (QED) is 0.586. The molecule has 0 radical (unpaired) electrons. The van der Waals surface area contributed by atoms with Gasteiger partial charge in [0.15, 0.2) is 0 Å². The van der Waals surface area contributed by atoms with Crippen molar-refractivity contribution < 1.29 is 4.79 Å². The summed E-state index contributed by atoms with van der Waals surface area (Å²) in [6.07, 6.45) is 2.19. The summed E-state index contributed by atoms with van der Waals surface area (Å²) in [5, 5.41) is 5.62. The summed E-state index contributed by atoms with van der Waals surface area (Å²) in [6.45, 7) is 5.98. The van der Waals surface area contributed by atoms with Crippen molar-refractivity contribution in [1.82, 2.24) is 10.6 Å². The molecule has 1 atom stereocenters. The van der Waals surface area contributed by atoms with Gasteiger partial charge < -0.3 is 10.6 Å². The summed E-state index contributed by atoms with van der Waals surface area (Å²) in [5.74, 6) is 0. The van der Waals surface area contributed by atoms with Crippen molar-refractivity contribution in [3.63, 3.8) is 0 Å². The standard InChI is InChI=1S/C8H16N2O/c1-3-8(2)4-5-9-7(11)10-6-8/h3-6H2,1-2H3,(H2,9,10,11). The molecular formula is C8H16N2O. The highest BCUT2D eigenvalue weighted by atomic mass is 16.2. The average Bonchev–Trinajstić information content (AvgIpc) is 2.15. The molecule has 0 aliphatic carbocycles. The fourth-order valence-corrected chi connectivity index (χ4v) is 1.22. The smallest absolute Gasteiger partial charge is 0.314 e. The minimum Gasteiger partial charge on any atom is -0.338 e. The van der Waals surface area contributed by atoms with E-state index >= 15 is 0 Å². The van der Waals surface area contributed by atoms with Crippen molar-refractivity contribution in [3.05, 3.63) is 0 Å². The lowest BCUT2D eigenvalue weighted by atomic mass is 9.84.